The van der Waals surface area contributed by atoms with Crippen LogP contribution >= 0.6 is 18.6 Å². The van der Waals surface area contributed by atoms with Gasteiger partial charge >= 0.3 is 88.3 Å². The SMILES string of the molecule is CC(C)(C)c1ccn([I-]I)n1. The summed E-state index contributed by atoms with van der Waals surface area (Å²) in [4.78, 5) is 0. The Morgan fingerprint density at radius 3 is 2.45 bits per heavy atom. The predicted octanol–water partition coefficient (Wildman–Crippen LogP) is -0.617. The van der Waals surface area contributed by atoms with Gasteiger partial charge in [0.25, 0.3) is 0 Å². The van der Waals surface area contributed by atoms with Crippen LogP contribution in [0.5, 0.6) is 0 Å². The topological polar surface area (TPSA) is 17.8 Å². The molecule has 1 rings (SSSR count). The normalized spacial score (nSPS) is 12.4. The van der Waals surface area contributed by atoms with E-state index in [2.05, 4.69) is 59.6 Å². The molecule has 0 saturated carbocycles. The van der Waals surface area contributed by atoms with Crippen LogP contribution in [0.1, 0.15) is 26.5 Å². The van der Waals surface area contributed by atoms with E-state index < -0.39 is 0 Å². The van der Waals surface area contributed by atoms with Crippen LogP contribution < -0.4 is 17.5 Å². The van der Waals surface area contributed by atoms with Crippen molar-refractivity contribution in [1.82, 2.24) is 7.99 Å². The molecule has 11 heavy (non-hydrogen) atoms. The molecule has 0 bridgehead atoms. The van der Waals surface area contributed by atoms with Crippen LogP contribution in [0.2, 0.25) is 0 Å². The number of rotatable bonds is 1. The second-order valence-corrected chi connectivity index (χ2v) is 7.20. The van der Waals surface area contributed by atoms with Crippen LogP contribution in [-0.2, 0) is 5.41 Å². The van der Waals surface area contributed by atoms with Crippen LogP contribution in [-0.4, -0.2) is 7.99 Å². The summed E-state index contributed by atoms with van der Waals surface area (Å²) >= 11 is 2.46. The zero-order chi connectivity index (χ0) is 8.48. The van der Waals surface area contributed by atoms with Gasteiger partial charge in [0.2, 0.25) is 0 Å². The molecule has 0 saturated heterocycles. The van der Waals surface area contributed by atoms with Gasteiger partial charge in [-0.1, -0.05) is 0 Å². The molecule has 0 fully saturated rings. The summed E-state index contributed by atoms with van der Waals surface area (Å²) in [5.74, 6) is 0. The molecule has 0 aliphatic rings. The number of halogens is 2. The average molecular weight is 377 g/mol. The Bertz CT molecular complexity index is 237. The van der Waals surface area contributed by atoms with Crippen molar-refractivity contribution in [2.75, 3.05) is 0 Å². The quantitative estimate of drug-likeness (QED) is 0.597. The molecule has 0 aliphatic carbocycles. The van der Waals surface area contributed by atoms with Crippen LogP contribution in [0.15, 0.2) is 12.3 Å². The second-order valence-electron chi connectivity index (χ2n) is 3.40. The standard InChI is InChI=1S/C7H11I2N2/c1-7(2,3)6-4-5-11(9-8)10-6/h4-5H,1-3H3/q-1. The summed E-state index contributed by atoms with van der Waals surface area (Å²) in [5, 5.41) is 4.46. The van der Waals surface area contributed by atoms with E-state index in [1.807, 2.05) is 0 Å². The molecule has 1 heterocycles. The van der Waals surface area contributed by atoms with E-state index in [0.717, 1.165) is 0 Å². The van der Waals surface area contributed by atoms with Gasteiger partial charge in [-0.15, -0.1) is 0 Å². The Labute approximate surface area is 87.5 Å². The summed E-state index contributed by atoms with van der Waals surface area (Å²) in [6.07, 6.45) is 2.07. The molecular formula is C7H11I2N2-. The van der Waals surface area contributed by atoms with E-state index in [9.17, 15) is 0 Å². The van der Waals surface area contributed by atoms with Gasteiger partial charge in [-0.3, -0.25) is 0 Å². The molecule has 0 atom stereocenters. The molecule has 0 aliphatic heterocycles. The fourth-order valence-corrected chi connectivity index (χ4v) is 2.70. The van der Waals surface area contributed by atoms with Gasteiger partial charge in [0, 0.05) is 0 Å². The van der Waals surface area contributed by atoms with E-state index >= 15 is 0 Å². The molecule has 0 radical (unpaired) electrons. The first kappa shape index (κ1) is 9.76. The summed E-state index contributed by atoms with van der Waals surface area (Å²) in [5.41, 5.74) is 1.38. The third-order valence-corrected chi connectivity index (χ3v) is 4.81. The van der Waals surface area contributed by atoms with Crippen molar-refractivity contribution in [3.8, 4) is 0 Å². The van der Waals surface area contributed by atoms with Gasteiger partial charge in [0.05, 0.1) is 0 Å². The van der Waals surface area contributed by atoms with Crippen molar-refractivity contribution in [2.45, 2.75) is 26.2 Å². The van der Waals surface area contributed by atoms with Gasteiger partial charge in [-0.05, 0) is 0 Å². The molecule has 64 valence electrons. The zero-order valence-electron chi connectivity index (χ0n) is 6.81. The Balaban J connectivity index is 2.89. The molecule has 4 heteroatoms. The molecule has 2 nitrogen and oxygen atoms in total. The number of hydrogen-bond acceptors (Lipinski definition) is 1. The third kappa shape index (κ3) is 2.57. The molecule has 1 aromatic heterocycles. The van der Waals surface area contributed by atoms with Crippen molar-refractivity contribution < 1.29 is 17.5 Å². The average Bonchev–Trinajstić information content (AvgIpc) is 2.32. The summed E-state index contributed by atoms with van der Waals surface area (Å²) in [6, 6.07) is 2.11. The Morgan fingerprint density at radius 1 is 1.55 bits per heavy atom. The number of hydrogen-bond donors (Lipinski definition) is 0. The number of nitrogens with zero attached hydrogens (tertiary/aromatic N) is 2. The fraction of sp³-hybridized carbons (Fsp3) is 0.571. The van der Waals surface area contributed by atoms with Crippen molar-refractivity contribution in [3.05, 3.63) is 18.0 Å². The summed E-state index contributed by atoms with van der Waals surface area (Å²) < 4.78 is 2.06. The van der Waals surface area contributed by atoms with Crippen molar-refractivity contribution in [2.24, 2.45) is 0 Å². The molecule has 1 aromatic rings. The van der Waals surface area contributed by atoms with E-state index in [0.29, 0.717) is 0 Å². The molecule has 0 aromatic carbocycles. The van der Waals surface area contributed by atoms with Gasteiger partial charge in [-0.25, -0.2) is 0 Å². The first-order valence-corrected chi connectivity index (χ1v) is 10.6. The molecule has 0 unspecified atom stereocenters. The first-order chi connectivity index (χ1) is 5.04. The van der Waals surface area contributed by atoms with Crippen LogP contribution in [0.25, 0.3) is 0 Å². The Morgan fingerprint density at radius 2 is 2.18 bits per heavy atom. The molecule has 0 spiro atoms. The summed E-state index contributed by atoms with van der Waals surface area (Å²) in [6.45, 7) is 6.56. The van der Waals surface area contributed by atoms with Crippen molar-refractivity contribution in [1.29, 1.82) is 0 Å². The Kier molecular flexibility index (Phi) is 3.18. The van der Waals surface area contributed by atoms with Crippen LogP contribution in [0, 0.1) is 0 Å². The van der Waals surface area contributed by atoms with Gasteiger partial charge < -0.3 is 0 Å². The van der Waals surface area contributed by atoms with E-state index in [4.69, 9.17) is 0 Å². The molecule has 0 N–H and O–H groups in total. The van der Waals surface area contributed by atoms with E-state index in [1.54, 1.807) is 0 Å². The maximum absolute atomic E-state index is 4.46. The third-order valence-electron chi connectivity index (χ3n) is 1.39. The van der Waals surface area contributed by atoms with E-state index in [1.165, 1.54) is 5.69 Å². The van der Waals surface area contributed by atoms with Crippen molar-refractivity contribution in [3.63, 3.8) is 0 Å². The van der Waals surface area contributed by atoms with Gasteiger partial charge in [0.1, 0.15) is 0 Å². The monoisotopic (exact) mass is 377 g/mol. The fourth-order valence-electron chi connectivity index (χ4n) is 0.737. The molecular weight excluding hydrogens is 366 g/mol. The summed E-state index contributed by atoms with van der Waals surface area (Å²) in [7, 11) is 0. The second kappa shape index (κ2) is 3.59. The van der Waals surface area contributed by atoms with Gasteiger partial charge in [-0.2, -0.15) is 0 Å². The van der Waals surface area contributed by atoms with Crippen LogP contribution in [0.3, 0.4) is 0 Å². The first-order valence-electron chi connectivity index (χ1n) is 3.37. The van der Waals surface area contributed by atoms with Crippen LogP contribution in [0.4, 0.5) is 0 Å². The van der Waals surface area contributed by atoms with E-state index in [-0.39, 0.29) is 22.9 Å². The predicted molar refractivity (Wildman–Crippen MR) is 50.3 cm³/mol. The Hall–Kier alpha value is 0.670. The minimum absolute atomic E-state index is 0.0574. The molecule has 0 amide bonds. The van der Waals surface area contributed by atoms with Gasteiger partial charge in [0.15, 0.2) is 0 Å². The minimum atomic E-state index is 0.0574. The zero-order valence-corrected chi connectivity index (χ0v) is 11.1. The maximum atomic E-state index is 4.46. The van der Waals surface area contributed by atoms with Crippen molar-refractivity contribution >= 4 is 18.6 Å². The number of aromatic nitrogens is 2.